The third-order valence-electron chi connectivity index (χ3n) is 6.07. The lowest BCUT2D eigenvalue weighted by Gasteiger charge is -2.15. The molecule has 3 heterocycles. The second-order valence-corrected chi connectivity index (χ2v) is 8.60. The SMILES string of the molecule is Cc1ccc(CNC(=O)[C@H](C)n2nc(C)c3nn(-c4ccccc4)c(-n4cccc4)c3c2=O)cc1. The van der Waals surface area contributed by atoms with E-state index in [2.05, 4.69) is 10.4 Å². The van der Waals surface area contributed by atoms with Crippen molar-refractivity contribution >= 4 is 16.8 Å². The summed E-state index contributed by atoms with van der Waals surface area (Å²) in [7, 11) is 0. The number of fused-ring (bicyclic) bond motifs is 1. The van der Waals surface area contributed by atoms with Gasteiger partial charge >= 0.3 is 0 Å². The Kier molecular flexibility index (Phi) is 5.78. The third-order valence-corrected chi connectivity index (χ3v) is 6.07. The second kappa shape index (κ2) is 9.06. The predicted octanol–water partition coefficient (Wildman–Crippen LogP) is 3.87. The van der Waals surface area contributed by atoms with E-state index < -0.39 is 6.04 Å². The first-order valence-corrected chi connectivity index (χ1v) is 11.5. The minimum Gasteiger partial charge on any atom is -0.350 e. The first-order chi connectivity index (χ1) is 16.9. The molecule has 0 unspecified atom stereocenters. The van der Waals surface area contributed by atoms with Crippen molar-refractivity contribution in [3.8, 4) is 11.5 Å². The molecule has 0 spiro atoms. The Hall–Kier alpha value is -4.46. The van der Waals surface area contributed by atoms with E-state index >= 15 is 0 Å². The predicted molar refractivity (Wildman–Crippen MR) is 135 cm³/mol. The van der Waals surface area contributed by atoms with Crippen molar-refractivity contribution in [2.24, 2.45) is 0 Å². The van der Waals surface area contributed by atoms with Crippen molar-refractivity contribution in [1.82, 2.24) is 29.4 Å². The number of para-hydroxylation sites is 1. The van der Waals surface area contributed by atoms with E-state index in [0.717, 1.165) is 16.8 Å². The summed E-state index contributed by atoms with van der Waals surface area (Å²) in [6.07, 6.45) is 3.74. The fraction of sp³-hybridized carbons (Fsp3) is 0.185. The van der Waals surface area contributed by atoms with Crippen molar-refractivity contribution in [2.45, 2.75) is 33.4 Å². The summed E-state index contributed by atoms with van der Waals surface area (Å²) in [5.74, 6) is 0.324. The van der Waals surface area contributed by atoms with Crippen molar-refractivity contribution in [1.29, 1.82) is 0 Å². The molecule has 1 atom stereocenters. The molecular weight excluding hydrogens is 440 g/mol. The van der Waals surface area contributed by atoms with Gasteiger partial charge in [-0.15, -0.1) is 0 Å². The molecule has 0 aliphatic rings. The van der Waals surface area contributed by atoms with Gasteiger partial charge in [-0.05, 0) is 50.6 Å². The van der Waals surface area contributed by atoms with E-state index in [1.165, 1.54) is 4.68 Å². The smallest absolute Gasteiger partial charge is 0.280 e. The van der Waals surface area contributed by atoms with Crippen LogP contribution >= 0.6 is 0 Å². The molecule has 176 valence electrons. The number of amides is 1. The van der Waals surface area contributed by atoms with Crippen LogP contribution in [-0.2, 0) is 11.3 Å². The van der Waals surface area contributed by atoms with E-state index in [9.17, 15) is 9.59 Å². The van der Waals surface area contributed by atoms with Crippen LogP contribution in [0.25, 0.3) is 22.4 Å². The Labute approximate surface area is 202 Å². The number of aromatic nitrogens is 5. The van der Waals surface area contributed by atoms with Crippen molar-refractivity contribution in [3.63, 3.8) is 0 Å². The van der Waals surface area contributed by atoms with Gasteiger partial charge in [-0.1, -0.05) is 48.0 Å². The zero-order valence-electron chi connectivity index (χ0n) is 19.8. The van der Waals surface area contributed by atoms with Crippen LogP contribution in [0.3, 0.4) is 0 Å². The first kappa shape index (κ1) is 22.3. The number of carbonyl (C=O) groups excluding carboxylic acids is 1. The van der Waals surface area contributed by atoms with Crippen molar-refractivity contribution < 1.29 is 4.79 Å². The molecule has 0 bridgehead atoms. The number of nitrogens with one attached hydrogen (secondary N) is 1. The van der Waals surface area contributed by atoms with Gasteiger partial charge in [-0.2, -0.15) is 10.2 Å². The maximum atomic E-state index is 13.8. The van der Waals surface area contributed by atoms with Gasteiger partial charge in [0.05, 0.1) is 11.4 Å². The number of aryl methyl sites for hydroxylation is 2. The number of hydrogen-bond acceptors (Lipinski definition) is 4. The highest BCUT2D eigenvalue weighted by molar-refractivity contribution is 5.88. The monoisotopic (exact) mass is 466 g/mol. The first-order valence-electron chi connectivity index (χ1n) is 11.5. The Morgan fingerprint density at radius 3 is 2.31 bits per heavy atom. The van der Waals surface area contributed by atoms with Crippen molar-refractivity contribution in [3.05, 3.63) is 106 Å². The topological polar surface area (TPSA) is 86.7 Å². The molecule has 5 aromatic rings. The molecule has 1 amide bonds. The minimum absolute atomic E-state index is 0.281. The summed E-state index contributed by atoms with van der Waals surface area (Å²) in [5, 5.41) is 12.6. The van der Waals surface area contributed by atoms with E-state index in [-0.39, 0.29) is 11.5 Å². The van der Waals surface area contributed by atoms with Crippen LogP contribution < -0.4 is 10.9 Å². The van der Waals surface area contributed by atoms with Crippen LogP contribution in [0.4, 0.5) is 0 Å². The quantitative estimate of drug-likeness (QED) is 0.412. The number of nitrogens with zero attached hydrogens (tertiary/aromatic N) is 5. The summed E-state index contributed by atoms with van der Waals surface area (Å²) in [5.41, 5.74) is 3.67. The average Bonchev–Trinajstić information content (AvgIpc) is 3.54. The summed E-state index contributed by atoms with van der Waals surface area (Å²) in [6.45, 7) is 5.88. The van der Waals surface area contributed by atoms with Crippen LogP contribution in [0.1, 0.15) is 29.8 Å². The molecular formula is C27H26N6O2. The van der Waals surface area contributed by atoms with E-state index in [4.69, 9.17) is 5.10 Å². The fourth-order valence-electron chi connectivity index (χ4n) is 4.11. The highest BCUT2D eigenvalue weighted by atomic mass is 16.2. The van der Waals surface area contributed by atoms with Crippen LogP contribution in [0.15, 0.2) is 83.9 Å². The van der Waals surface area contributed by atoms with Crippen LogP contribution in [0, 0.1) is 13.8 Å². The molecule has 0 saturated heterocycles. The third kappa shape index (κ3) is 4.14. The van der Waals surface area contributed by atoms with Gasteiger partial charge in [0, 0.05) is 18.9 Å². The molecule has 0 fully saturated rings. The van der Waals surface area contributed by atoms with Gasteiger partial charge in [-0.25, -0.2) is 9.36 Å². The van der Waals surface area contributed by atoms with Crippen LogP contribution in [0.2, 0.25) is 0 Å². The standard InChI is InChI=1S/C27H26N6O2/c1-18-11-13-21(14-12-18)17-28-25(34)20(3)32-27(35)23-24(19(2)29-32)30-33(22-9-5-4-6-10-22)26(23)31-15-7-8-16-31/h4-16,20H,17H2,1-3H3,(H,28,34)/t20-/m0/s1. The van der Waals surface area contributed by atoms with E-state index in [1.807, 2.05) is 90.6 Å². The molecule has 3 aromatic heterocycles. The Morgan fingerprint density at radius 1 is 0.943 bits per heavy atom. The number of carbonyl (C=O) groups is 1. The van der Waals surface area contributed by atoms with E-state index in [0.29, 0.717) is 29.0 Å². The lowest BCUT2D eigenvalue weighted by Crippen LogP contribution is -2.37. The molecule has 8 heteroatoms. The van der Waals surface area contributed by atoms with Crippen LogP contribution in [0.5, 0.6) is 0 Å². The van der Waals surface area contributed by atoms with Gasteiger partial charge in [-0.3, -0.25) is 9.59 Å². The lowest BCUT2D eigenvalue weighted by molar-refractivity contribution is -0.124. The zero-order chi connectivity index (χ0) is 24.5. The fourth-order valence-corrected chi connectivity index (χ4v) is 4.11. The summed E-state index contributed by atoms with van der Waals surface area (Å²) < 4.78 is 4.86. The highest BCUT2D eigenvalue weighted by Crippen LogP contribution is 2.25. The van der Waals surface area contributed by atoms with Gasteiger partial charge in [0.15, 0.2) is 5.82 Å². The summed E-state index contributed by atoms with van der Waals surface area (Å²) in [6, 6.07) is 20.6. The van der Waals surface area contributed by atoms with E-state index in [1.54, 1.807) is 18.5 Å². The Balaban J connectivity index is 1.58. The molecule has 5 rings (SSSR count). The van der Waals surface area contributed by atoms with Gasteiger partial charge in [0.2, 0.25) is 5.91 Å². The highest BCUT2D eigenvalue weighted by Gasteiger charge is 2.25. The molecule has 8 nitrogen and oxygen atoms in total. The Morgan fingerprint density at radius 2 is 1.63 bits per heavy atom. The second-order valence-electron chi connectivity index (χ2n) is 8.60. The van der Waals surface area contributed by atoms with Crippen molar-refractivity contribution in [2.75, 3.05) is 0 Å². The minimum atomic E-state index is -0.798. The average molecular weight is 467 g/mol. The largest absolute Gasteiger partial charge is 0.350 e. The molecule has 0 saturated carbocycles. The molecule has 35 heavy (non-hydrogen) atoms. The maximum absolute atomic E-state index is 13.8. The summed E-state index contributed by atoms with van der Waals surface area (Å²) in [4.78, 5) is 26.7. The summed E-state index contributed by atoms with van der Waals surface area (Å²) >= 11 is 0. The normalized spacial score (nSPS) is 12.1. The molecule has 0 aliphatic carbocycles. The number of hydrogen-bond donors (Lipinski definition) is 1. The molecule has 2 aromatic carbocycles. The molecule has 1 N–H and O–H groups in total. The lowest BCUT2D eigenvalue weighted by atomic mass is 10.1. The van der Waals surface area contributed by atoms with Gasteiger partial charge < -0.3 is 9.88 Å². The zero-order valence-corrected chi connectivity index (χ0v) is 19.8. The molecule has 0 radical (unpaired) electrons. The molecule has 0 aliphatic heterocycles. The van der Waals surface area contributed by atoms with Crippen LogP contribution in [-0.4, -0.2) is 30.0 Å². The Bertz CT molecular complexity index is 1550. The number of benzene rings is 2. The maximum Gasteiger partial charge on any atom is 0.280 e. The number of rotatable bonds is 6. The van der Waals surface area contributed by atoms with Gasteiger partial charge in [0.1, 0.15) is 16.9 Å². The van der Waals surface area contributed by atoms with Gasteiger partial charge in [0.25, 0.3) is 5.56 Å².